The van der Waals surface area contributed by atoms with E-state index in [0.717, 1.165) is 52.4 Å². The fourth-order valence-electron chi connectivity index (χ4n) is 3.98. The molecule has 0 N–H and O–H groups in total. The van der Waals surface area contributed by atoms with Crippen LogP contribution in [0, 0.1) is 5.82 Å². The third kappa shape index (κ3) is 4.00. The highest BCUT2D eigenvalue weighted by atomic mass is 19.1. The summed E-state index contributed by atoms with van der Waals surface area (Å²) < 4.78 is 13.2. The number of benzene rings is 3. The van der Waals surface area contributed by atoms with Gasteiger partial charge >= 0.3 is 0 Å². The van der Waals surface area contributed by atoms with Crippen LogP contribution in [0.2, 0.25) is 0 Å². The van der Waals surface area contributed by atoms with Gasteiger partial charge in [-0.15, -0.1) is 0 Å². The van der Waals surface area contributed by atoms with E-state index in [1.807, 2.05) is 54.7 Å². The first-order valence-corrected chi connectivity index (χ1v) is 10.7. The molecule has 0 saturated heterocycles. The molecule has 2 heterocycles. The Balaban J connectivity index is 0.000000180. The van der Waals surface area contributed by atoms with Gasteiger partial charge < -0.3 is 0 Å². The van der Waals surface area contributed by atoms with E-state index in [-0.39, 0.29) is 5.82 Å². The number of aldehydes is 1. The zero-order valence-corrected chi connectivity index (χ0v) is 17.4. The lowest BCUT2D eigenvalue weighted by atomic mass is 9.93. The molecule has 0 bridgehead atoms. The molecule has 3 nitrogen and oxygen atoms in total. The second kappa shape index (κ2) is 8.67. The summed E-state index contributed by atoms with van der Waals surface area (Å²) in [5, 5.41) is 2.13. The van der Waals surface area contributed by atoms with Gasteiger partial charge in [0, 0.05) is 34.0 Å². The summed E-state index contributed by atoms with van der Waals surface area (Å²) in [5.74, 6) is 0.0983. The third-order valence-electron chi connectivity index (χ3n) is 5.69. The molecule has 5 aromatic rings. The van der Waals surface area contributed by atoms with Crippen molar-refractivity contribution in [3.05, 3.63) is 108 Å². The second-order valence-electron chi connectivity index (χ2n) is 7.90. The van der Waals surface area contributed by atoms with Crippen LogP contribution in [0.5, 0.6) is 0 Å². The molecular weight excluding hydrogens is 399 g/mol. The van der Waals surface area contributed by atoms with Crippen LogP contribution >= 0.6 is 0 Å². The summed E-state index contributed by atoms with van der Waals surface area (Å²) in [5.41, 5.74) is 5.19. The van der Waals surface area contributed by atoms with Crippen molar-refractivity contribution >= 4 is 28.1 Å². The van der Waals surface area contributed by atoms with Crippen molar-refractivity contribution in [2.24, 2.45) is 0 Å². The molecule has 4 heteroatoms. The lowest BCUT2D eigenvalue weighted by Crippen LogP contribution is -2.00. The zero-order chi connectivity index (χ0) is 21.9. The molecule has 0 unspecified atom stereocenters. The average Bonchev–Trinajstić information content (AvgIpc) is 3.69. The van der Waals surface area contributed by atoms with Gasteiger partial charge in [0.15, 0.2) is 6.29 Å². The minimum absolute atomic E-state index is 0.280. The predicted octanol–water partition coefficient (Wildman–Crippen LogP) is 6.97. The Morgan fingerprint density at radius 3 is 2.22 bits per heavy atom. The number of nitrogens with zero attached hydrogens (tertiary/aromatic N) is 2. The molecule has 1 aliphatic rings. The van der Waals surface area contributed by atoms with Crippen LogP contribution in [0.1, 0.15) is 34.8 Å². The number of hydrogen-bond acceptors (Lipinski definition) is 3. The Hall–Kier alpha value is -3.92. The van der Waals surface area contributed by atoms with Crippen molar-refractivity contribution < 1.29 is 9.18 Å². The Morgan fingerprint density at radius 1 is 0.812 bits per heavy atom. The topological polar surface area (TPSA) is 42.9 Å². The lowest BCUT2D eigenvalue weighted by Gasteiger charge is -2.13. The molecule has 1 fully saturated rings. The predicted molar refractivity (Wildman–Crippen MR) is 126 cm³/mol. The molecule has 0 radical (unpaired) electrons. The van der Waals surface area contributed by atoms with E-state index in [2.05, 4.69) is 17.1 Å². The van der Waals surface area contributed by atoms with Crippen molar-refractivity contribution in [2.45, 2.75) is 18.8 Å². The summed E-state index contributed by atoms with van der Waals surface area (Å²) in [7, 11) is 0. The minimum Gasteiger partial charge on any atom is -0.298 e. The highest BCUT2D eigenvalue weighted by Gasteiger charge is 2.30. The van der Waals surface area contributed by atoms with E-state index >= 15 is 0 Å². The molecule has 0 spiro atoms. The van der Waals surface area contributed by atoms with Crippen molar-refractivity contribution in [1.82, 2.24) is 9.97 Å². The maximum atomic E-state index is 13.2. The number of pyridine rings is 2. The molecule has 156 valence electrons. The Morgan fingerprint density at radius 2 is 1.50 bits per heavy atom. The molecular formula is C28H21FN2O. The van der Waals surface area contributed by atoms with E-state index < -0.39 is 0 Å². The first kappa shape index (κ1) is 20.0. The third-order valence-corrected chi connectivity index (χ3v) is 5.69. The van der Waals surface area contributed by atoms with Crippen LogP contribution in [-0.2, 0) is 0 Å². The number of hydrogen-bond donors (Lipinski definition) is 0. The van der Waals surface area contributed by atoms with Gasteiger partial charge in [-0.3, -0.25) is 14.8 Å². The fourth-order valence-corrected chi connectivity index (χ4v) is 3.98. The summed E-state index contributed by atoms with van der Waals surface area (Å²) >= 11 is 0. The minimum atomic E-state index is -0.280. The Labute approximate surface area is 185 Å². The summed E-state index contributed by atoms with van der Waals surface area (Å²) in [6.07, 6.45) is 4.86. The monoisotopic (exact) mass is 420 g/mol. The number of rotatable bonds is 3. The molecule has 0 amide bonds. The van der Waals surface area contributed by atoms with Gasteiger partial charge in [0.25, 0.3) is 0 Å². The van der Waals surface area contributed by atoms with Crippen molar-refractivity contribution in [3.63, 3.8) is 0 Å². The second-order valence-corrected chi connectivity index (χ2v) is 7.90. The quantitative estimate of drug-likeness (QED) is 0.296. The van der Waals surface area contributed by atoms with Gasteiger partial charge in [0.1, 0.15) is 5.82 Å². The van der Waals surface area contributed by atoms with Gasteiger partial charge in [0.05, 0.1) is 16.7 Å². The highest BCUT2D eigenvalue weighted by molar-refractivity contribution is 6.03. The summed E-state index contributed by atoms with van der Waals surface area (Å²) in [4.78, 5) is 20.6. The van der Waals surface area contributed by atoms with E-state index in [4.69, 9.17) is 4.98 Å². The molecule has 1 saturated carbocycles. The maximum Gasteiger partial charge on any atom is 0.152 e. The fraction of sp³-hybridized carbons (Fsp3) is 0.107. The lowest BCUT2D eigenvalue weighted by molar-refractivity contribution is 0.112. The molecule has 0 atom stereocenters. The summed E-state index contributed by atoms with van der Waals surface area (Å²) in [6, 6.07) is 26.2. The van der Waals surface area contributed by atoms with Gasteiger partial charge in [-0.05, 0) is 48.7 Å². The van der Waals surface area contributed by atoms with E-state index in [1.54, 1.807) is 12.1 Å². The van der Waals surface area contributed by atoms with Crippen LogP contribution in [0.4, 0.5) is 4.39 Å². The molecule has 0 aliphatic heterocycles. The van der Waals surface area contributed by atoms with Gasteiger partial charge in [-0.25, -0.2) is 4.39 Å². The highest BCUT2D eigenvalue weighted by Crippen LogP contribution is 2.44. The van der Waals surface area contributed by atoms with Crippen molar-refractivity contribution in [1.29, 1.82) is 0 Å². The number of para-hydroxylation sites is 2. The molecule has 2 aromatic heterocycles. The number of aromatic nitrogens is 2. The smallest absolute Gasteiger partial charge is 0.152 e. The first-order chi connectivity index (χ1) is 15.7. The number of fused-ring (bicyclic) bond motifs is 2. The molecule has 1 aliphatic carbocycles. The average molecular weight is 420 g/mol. The number of halogens is 1. The van der Waals surface area contributed by atoms with E-state index in [9.17, 15) is 9.18 Å². The van der Waals surface area contributed by atoms with Crippen LogP contribution in [-0.4, -0.2) is 16.3 Å². The van der Waals surface area contributed by atoms with Gasteiger partial charge in [-0.2, -0.15) is 0 Å². The van der Waals surface area contributed by atoms with Crippen LogP contribution < -0.4 is 0 Å². The van der Waals surface area contributed by atoms with Crippen LogP contribution in [0.3, 0.4) is 0 Å². The largest absolute Gasteiger partial charge is 0.298 e. The molecule has 32 heavy (non-hydrogen) atoms. The summed E-state index contributed by atoms with van der Waals surface area (Å²) in [6.45, 7) is 0. The van der Waals surface area contributed by atoms with E-state index in [1.165, 1.54) is 17.5 Å². The van der Waals surface area contributed by atoms with Gasteiger partial charge in [-0.1, -0.05) is 54.6 Å². The zero-order valence-electron chi connectivity index (χ0n) is 17.4. The molecule has 3 aromatic carbocycles. The van der Waals surface area contributed by atoms with Crippen LogP contribution in [0.15, 0.2) is 91.1 Å². The first-order valence-electron chi connectivity index (χ1n) is 10.7. The maximum absolute atomic E-state index is 13.2. The number of carbonyl (C=O) groups is 1. The van der Waals surface area contributed by atoms with Crippen molar-refractivity contribution in [3.8, 4) is 11.1 Å². The van der Waals surface area contributed by atoms with Crippen LogP contribution in [0.25, 0.3) is 32.9 Å². The number of carbonyl (C=O) groups excluding carboxylic acids is 1. The van der Waals surface area contributed by atoms with E-state index in [0.29, 0.717) is 11.5 Å². The standard InChI is InChI=1S/C19H14FNO.C9H7N/c20-14-9-7-12(8-10-14)18-15-3-1-2-4-17(15)21-19(13-5-6-13)16(18)11-22;1-2-6-9-8(4-1)5-3-7-10-9/h1-4,7-11,13H,5-6H2;1-7H. The Kier molecular flexibility index (Phi) is 5.42. The van der Waals surface area contributed by atoms with Gasteiger partial charge in [0.2, 0.25) is 0 Å². The normalized spacial score (nSPS) is 12.9. The SMILES string of the molecule is O=Cc1c(C2CC2)nc2ccccc2c1-c1ccc(F)cc1.c1ccc2ncccc2c1. The molecule has 6 rings (SSSR count). The Bertz CT molecular complexity index is 1340. The van der Waals surface area contributed by atoms with Crippen molar-refractivity contribution in [2.75, 3.05) is 0 Å².